The van der Waals surface area contributed by atoms with Gasteiger partial charge in [0.1, 0.15) is 11.6 Å². The van der Waals surface area contributed by atoms with Gasteiger partial charge in [-0.2, -0.15) is 4.98 Å². The monoisotopic (exact) mass is 464 g/mol. The number of benzene rings is 1. The Balaban J connectivity index is 2.17. The number of hydrogen-bond donors (Lipinski definition) is 3. The molecule has 0 atom stereocenters. The topological polar surface area (TPSA) is 79.3 Å². The van der Waals surface area contributed by atoms with E-state index < -0.39 is 0 Å². The average Bonchev–Trinajstić information content (AvgIpc) is 2.71. The summed E-state index contributed by atoms with van der Waals surface area (Å²) >= 11 is 3.43. The third-order valence-corrected chi connectivity index (χ3v) is 4.37. The van der Waals surface area contributed by atoms with Gasteiger partial charge in [-0.05, 0) is 52.7 Å². The van der Waals surface area contributed by atoms with Crippen LogP contribution in [0.2, 0.25) is 0 Å². The quantitative estimate of drug-likeness (QED) is 0.230. The Morgan fingerprint density at radius 2 is 2.03 bits per heavy atom. The summed E-state index contributed by atoms with van der Waals surface area (Å²) in [6, 6.07) is 6.04. The highest BCUT2D eigenvalue weighted by atomic mass is 79.9. The summed E-state index contributed by atoms with van der Waals surface area (Å²) < 4.78 is 19.5. The number of aliphatic hydroxyl groups excluding tert-OH is 1. The second-order valence-electron chi connectivity index (χ2n) is 6.10. The molecular formula is C21H26BrFN4O2. The largest absolute Gasteiger partial charge is 0.498 e. The molecule has 6 nitrogen and oxygen atoms in total. The standard InChI is InChI=1S/C21H26BrFN4O2/c1-3-6-17(13-18(4-2)29-12-5-11-28)26-21-24-14-19(22)20(27-21)25-16-9-7-15(23)8-10-16/h6-10,13-14,28H,3-5,11-12H2,1-2H3,(H2,24,25,26,27)/b17-6+,18-13+. The van der Waals surface area contributed by atoms with Gasteiger partial charge in [0, 0.05) is 37.0 Å². The van der Waals surface area contributed by atoms with Crippen molar-refractivity contribution in [1.82, 2.24) is 9.97 Å². The molecule has 8 heteroatoms. The fourth-order valence-corrected chi connectivity index (χ4v) is 2.66. The van der Waals surface area contributed by atoms with Crippen LogP contribution in [0.15, 0.2) is 58.5 Å². The molecule has 1 aromatic carbocycles. The van der Waals surface area contributed by atoms with Crippen molar-refractivity contribution in [2.45, 2.75) is 33.1 Å². The number of aromatic nitrogens is 2. The van der Waals surface area contributed by atoms with Crippen molar-refractivity contribution in [2.75, 3.05) is 23.8 Å². The lowest BCUT2D eigenvalue weighted by Gasteiger charge is -2.13. The molecule has 0 bridgehead atoms. The molecule has 0 aliphatic rings. The number of halogens is 2. The maximum absolute atomic E-state index is 13.1. The minimum atomic E-state index is -0.297. The smallest absolute Gasteiger partial charge is 0.229 e. The van der Waals surface area contributed by atoms with Crippen LogP contribution in [0, 0.1) is 5.82 Å². The van der Waals surface area contributed by atoms with Gasteiger partial charge in [-0.25, -0.2) is 9.37 Å². The molecule has 156 valence electrons. The maximum atomic E-state index is 13.1. The maximum Gasteiger partial charge on any atom is 0.229 e. The zero-order valence-electron chi connectivity index (χ0n) is 16.6. The van der Waals surface area contributed by atoms with Gasteiger partial charge in [-0.3, -0.25) is 0 Å². The van der Waals surface area contributed by atoms with E-state index in [1.165, 1.54) is 12.1 Å². The minimum Gasteiger partial charge on any atom is -0.498 e. The number of nitrogens with zero attached hydrogens (tertiary/aromatic N) is 2. The first-order chi connectivity index (χ1) is 14.0. The van der Waals surface area contributed by atoms with Crippen molar-refractivity contribution in [3.63, 3.8) is 0 Å². The third-order valence-electron chi connectivity index (χ3n) is 3.79. The third kappa shape index (κ3) is 7.83. The first-order valence-corrected chi connectivity index (χ1v) is 10.3. The van der Waals surface area contributed by atoms with E-state index in [1.807, 2.05) is 26.0 Å². The molecule has 2 rings (SSSR count). The summed E-state index contributed by atoms with van der Waals surface area (Å²) in [5.41, 5.74) is 1.54. The van der Waals surface area contributed by atoms with Gasteiger partial charge in [-0.1, -0.05) is 19.9 Å². The highest BCUT2D eigenvalue weighted by molar-refractivity contribution is 9.10. The molecule has 0 spiro atoms. The van der Waals surface area contributed by atoms with Crippen LogP contribution < -0.4 is 10.6 Å². The highest BCUT2D eigenvalue weighted by Crippen LogP contribution is 2.25. The van der Waals surface area contributed by atoms with Crippen molar-refractivity contribution >= 4 is 33.4 Å². The number of aliphatic hydroxyl groups is 1. The van der Waals surface area contributed by atoms with E-state index in [9.17, 15) is 4.39 Å². The van der Waals surface area contributed by atoms with E-state index in [-0.39, 0.29) is 12.4 Å². The lowest BCUT2D eigenvalue weighted by molar-refractivity contribution is 0.171. The highest BCUT2D eigenvalue weighted by Gasteiger charge is 2.08. The Labute approximate surface area is 179 Å². The Bertz CT molecular complexity index is 841. The number of rotatable bonds is 11. The van der Waals surface area contributed by atoms with Crippen molar-refractivity contribution in [1.29, 1.82) is 0 Å². The molecule has 3 N–H and O–H groups in total. The lowest BCUT2D eigenvalue weighted by Crippen LogP contribution is -2.06. The van der Waals surface area contributed by atoms with Crippen LogP contribution in [0.1, 0.15) is 33.1 Å². The molecule has 0 aliphatic heterocycles. The second-order valence-corrected chi connectivity index (χ2v) is 6.96. The first-order valence-electron chi connectivity index (χ1n) is 9.52. The molecule has 0 fully saturated rings. The summed E-state index contributed by atoms with van der Waals surface area (Å²) in [7, 11) is 0. The molecule has 0 aliphatic carbocycles. The lowest BCUT2D eigenvalue weighted by atomic mass is 10.2. The summed E-state index contributed by atoms with van der Waals surface area (Å²) in [6.07, 6.45) is 7.72. The van der Waals surface area contributed by atoms with Crippen molar-refractivity contribution in [3.05, 3.63) is 64.4 Å². The van der Waals surface area contributed by atoms with Gasteiger partial charge in [0.15, 0.2) is 0 Å². The van der Waals surface area contributed by atoms with E-state index >= 15 is 0 Å². The van der Waals surface area contributed by atoms with Crippen LogP contribution >= 0.6 is 15.9 Å². The molecule has 1 aromatic heterocycles. The van der Waals surface area contributed by atoms with Crippen LogP contribution in [0.3, 0.4) is 0 Å². The molecule has 29 heavy (non-hydrogen) atoms. The Morgan fingerprint density at radius 3 is 2.69 bits per heavy atom. The van der Waals surface area contributed by atoms with Gasteiger partial charge in [0.2, 0.25) is 5.95 Å². The predicted octanol–water partition coefficient (Wildman–Crippen LogP) is 5.52. The number of nitrogens with one attached hydrogen (secondary N) is 2. The van der Waals surface area contributed by atoms with Crippen LogP contribution in [0.4, 0.5) is 21.8 Å². The van der Waals surface area contributed by atoms with Gasteiger partial charge in [0.25, 0.3) is 0 Å². The van der Waals surface area contributed by atoms with E-state index in [0.717, 1.165) is 24.3 Å². The van der Waals surface area contributed by atoms with E-state index in [2.05, 4.69) is 36.5 Å². The molecule has 0 saturated heterocycles. The minimum absolute atomic E-state index is 0.101. The predicted molar refractivity (Wildman–Crippen MR) is 117 cm³/mol. The van der Waals surface area contributed by atoms with Crippen molar-refractivity contribution < 1.29 is 14.2 Å². The normalized spacial score (nSPS) is 12.0. The van der Waals surface area contributed by atoms with Gasteiger partial charge < -0.3 is 20.5 Å². The number of hydrogen-bond acceptors (Lipinski definition) is 6. The van der Waals surface area contributed by atoms with Gasteiger partial charge in [-0.15, -0.1) is 0 Å². The summed E-state index contributed by atoms with van der Waals surface area (Å²) in [6.45, 7) is 4.62. The SMILES string of the molecule is CC/C=C(\C=C(/CC)OCCCO)Nc1ncc(Br)c(Nc2ccc(F)cc2)n1. The van der Waals surface area contributed by atoms with Crippen LogP contribution in [-0.4, -0.2) is 28.3 Å². The fourth-order valence-electron chi connectivity index (χ4n) is 2.37. The molecule has 1 heterocycles. The molecular weight excluding hydrogens is 439 g/mol. The van der Waals surface area contributed by atoms with Crippen LogP contribution in [-0.2, 0) is 4.74 Å². The van der Waals surface area contributed by atoms with E-state index in [4.69, 9.17) is 9.84 Å². The van der Waals surface area contributed by atoms with Crippen LogP contribution in [0.5, 0.6) is 0 Å². The second kappa shape index (κ2) is 12.2. The Kier molecular flexibility index (Phi) is 9.59. The van der Waals surface area contributed by atoms with Crippen molar-refractivity contribution in [2.24, 2.45) is 0 Å². The zero-order chi connectivity index (χ0) is 21.1. The summed E-state index contributed by atoms with van der Waals surface area (Å²) in [5, 5.41) is 15.3. The molecule has 0 unspecified atom stereocenters. The Morgan fingerprint density at radius 1 is 1.28 bits per heavy atom. The zero-order valence-corrected chi connectivity index (χ0v) is 18.2. The van der Waals surface area contributed by atoms with E-state index in [1.54, 1.807) is 18.3 Å². The van der Waals surface area contributed by atoms with E-state index in [0.29, 0.717) is 35.0 Å². The summed E-state index contributed by atoms with van der Waals surface area (Å²) in [5.74, 6) is 1.49. The Hall–Kier alpha value is -2.45. The first kappa shape index (κ1) is 22.8. The molecule has 0 amide bonds. The average molecular weight is 465 g/mol. The molecule has 2 aromatic rings. The number of anilines is 3. The van der Waals surface area contributed by atoms with Crippen LogP contribution in [0.25, 0.3) is 0 Å². The number of ether oxygens (including phenoxy) is 1. The van der Waals surface area contributed by atoms with Gasteiger partial charge >= 0.3 is 0 Å². The molecule has 0 saturated carbocycles. The summed E-state index contributed by atoms with van der Waals surface area (Å²) in [4.78, 5) is 8.81. The van der Waals surface area contributed by atoms with Crippen molar-refractivity contribution in [3.8, 4) is 0 Å². The van der Waals surface area contributed by atoms with Gasteiger partial charge in [0.05, 0.1) is 16.8 Å². The molecule has 0 radical (unpaired) electrons. The fraction of sp³-hybridized carbons (Fsp3) is 0.333. The number of allylic oxidation sites excluding steroid dienone is 3.